The number of carbonyl (C=O) groups excluding carboxylic acids is 1. The van der Waals surface area contributed by atoms with Crippen LogP contribution in [0.4, 0.5) is 5.82 Å². The molecular weight excluding hydrogens is 582 g/mol. The number of piperazine rings is 1. The first-order chi connectivity index (χ1) is 22.5. The van der Waals surface area contributed by atoms with Gasteiger partial charge in [-0.1, -0.05) is 30.3 Å². The van der Waals surface area contributed by atoms with Crippen LogP contribution < -0.4 is 9.64 Å². The van der Waals surface area contributed by atoms with Gasteiger partial charge in [-0.15, -0.1) is 0 Å². The summed E-state index contributed by atoms with van der Waals surface area (Å²) in [7, 11) is 0. The molecule has 4 aromatic rings. The lowest BCUT2D eigenvalue weighted by Crippen LogP contribution is -2.70. The Kier molecular flexibility index (Phi) is 7.36. The molecule has 5 fully saturated rings. The maximum absolute atomic E-state index is 13.1. The first-order valence-electron chi connectivity index (χ1n) is 16.1. The van der Waals surface area contributed by atoms with Crippen molar-refractivity contribution in [3.05, 3.63) is 78.2 Å². The predicted octanol–water partition coefficient (Wildman–Crippen LogP) is 3.42. The van der Waals surface area contributed by atoms with Gasteiger partial charge in [-0.3, -0.25) is 9.69 Å². The molecule has 2 bridgehead atoms. The largest absolute Gasteiger partial charge is 0.491 e. The van der Waals surface area contributed by atoms with E-state index in [2.05, 4.69) is 21.0 Å². The van der Waals surface area contributed by atoms with E-state index in [1.54, 1.807) is 10.7 Å². The molecule has 236 valence electrons. The van der Waals surface area contributed by atoms with Crippen LogP contribution in [0.2, 0.25) is 0 Å². The van der Waals surface area contributed by atoms with E-state index in [9.17, 15) is 15.2 Å². The summed E-state index contributed by atoms with van der Waals surface area (Å²) in [5, 5.41) is 24.8. The van der Waals surface area contributed by atoms with Crippen molar-refractivity contribution < 1.29 is 19.4 Å². The summed E-state index contributed by atoms with van der Waals surface area (Å²) in [4.78, 5) is 24.5. The van der Waals surface area contributed by atoms with Crippen molar-refractivity contribution in [3.63, 3.8) is 0 Å². The molecule has 11 nitrogen and oxygen atoms in total. The Morgan fingerprint density at radius 2 is 1.98 bits per heavy atom. The number of fused-ring (bicyclic) bond motifs is 3. The topological polar surface area (TPSA) is 119 Å². The number of hydrogen-bond donors (Lipinski definition) is 1. The van der Waals surface area contributed by atoms with Gasteiger partial charge in [0.25, 0.3) is 0 Å². The molecule has 5 aliphatic rings. The van der Waals surface area contributed by atoms with Gasteiger partial charge in [-0.2, -0.15) is 10.4 Å². The maximum Gasteiger partial charge on any atom is 0.226 e. The number of aliphatic hydroxyl groups is 1. The second kappa shape index (κ2) is 11.7. The van der Waals surface area contributed by atoms with E-state index in [1.807, 2.05) is 65.8 Å². The van der Waals surface area contributed by atoms with Crippen LogP contribution in [0.5, 0.6) is 5.75 Å². The maximum atomic E-state index is 13.1. The van der Waals surface area contributed by atoms with Crippen LogP contribution in [0.25, 0.3) is 16.6 Å². The molecular formula is C35H37N7O4. The Hall–Kier alpha value is -4.50. The molecule has 3 atom stereocenters. The van der Waals surface area contributed by atoms with Crippen LogP contribution in [-0.4, -0.2) is 99.0 Å². The molecule has 1 aromatic carbocycles. The molecule has 4 saturated heterocycles. The average Bonchev–Trinajstić information content (AvgIpc) is 3.68. The number of morpholine rings is 1. The number of amides is 1. The van der Waals surface area contributed by atoms with Gasteiger partial charge in [0.15, 0.2) is 0 Å². The quantitative estimate of drug-likeness (QED) is 0.301. The SMILES string of the molecule is N#Cc1cnn2cc(OCCN3CCOC4(CC4)C3)cc(-c3ccc(N4CC5CC(C4)N5C(=O)C[C@H](O)c4ccccc4)nc3)c12. The van der Waals surface area contributed by atoms with Crippen molar-refractivity contribution in [3.8, 4) is 22.9 Å². The third-order valence-electron chi connectivity index (χ3n) is 9.93. The lowest BCUT2D eigenvalue weighted by Gasteiger charge is -2.56. The van der Waals surface area contributed by atoms with E-state index in [-0.39, 0.29) is 30.0 Å². The van der Waals surface area contributed by atoms with Gasteiger partial charge in [0.05, 0.1) is 60.3 Å². The van der Waals surface area contributed by atoms with Gasteiger partial charge >= 0.3 is 0 Å². The zero-order chi connectivity index (χ0) is 31.3. The fourth-order valence-electron chi connectivity index (χ4n) is 7.33. The Morgan fingerprint density at radius 1 is 1.15 bits per heavy atom. The summed E-state index contributed by atoms with van der Waals surface area (Å²) in [6.07, 6.45) is 7.81. The van der Waals surface area contributed by atoms with Crippen molar-refractivity contribution in [1.29, 1.82) is 5.26 Å². The minimum Gasteiger partial charge on any atom is -0.491 e. The van der Waals surface area contributed by atoms with Gasteiger partial charge < -0.3 is 24.4 Å². The van der Waals surface area contributed by atoms with Gasteiger partial charge in [-0.05, 0) is 43.0 Å². The number of ether oxygens (including phenoxy) is 2. The summed E-state index contributed by atoms with van der Waals surface area (Å²) in [5.41, 5.74) is 3.77. The van der Waals surface area contributed by atoms with Gasteiger partial charge in [0.2, 0.25) is 5.91 Å². The molecule has 11 heteroatoms. The number of benzene rings is 1. The molecule has 1 amide bonds. The number of pyridine rings is 2. The van der Waals surface area contributed by atoms with Crippen LogP contribution in [0.3, 0.4) is 0 Å². The van der Waals surface area contributed by atoms with Crippen molar-refractivity contribution in [2.75, 3.05) is 50.8 Å². The third-order valence-corrected chi connectivity index (χ3v) is 9.93. The molecule has 9 rings (SSSR count). The van der Waals surface area contributed by atoms with E-state index in [0.717, 1.165) is 73.5 Å². The molecule has 3 aromatic heterocycles. The minimum absolute atomic E-state index is 0.00226. The fourth-order valence-corrected chi connectivity index (χ4v) is 7.33. The molecule has 2 unspecified atom stereocenters. The number of rotatable bonds is 9. The monoisotopic (exact) mass is 619 g/mol. The molecule has 1 aliphatic carbocycles. The third kappa shape index (κ3) is 5.47. The van der Waals surface area contributed by atoms with Crippen molar-refractivity contribution in [1.82, 2.24) is 24.4 Å². The van der Waals surface area contributed by atoms with E-state index >= 15 is 0 Å². The molecule has 46 heavy (non-hydrogen) atoms. The lowest BCUT2D eigenvalue weighted by molar-refractivity contribution is -0.148. The highest BCUT2D eigenvalue weighted by atomic mass is 16.5. The van der Waals surface area contributed by atoms with Crippen molar-refractivity contribution in [2.45, 2.75) is 49.5 Å². The summed E-state index contributed by atoms with van der Waals surface area (Å²) in [5.74, 6) is 1.54. The lowest BCUT2D eigenvalue weighted by atomic mass is 9.86. The van der Waals surface area contributed by atoms with Gasteiger partial charge in [-0.25, -0.2) is 9.50 Å². The Morgan fingerprint density at radius 3 is 2.72 bits per heavy atom. The van der Waals surface area contributed by atoms with E-state index < -0.39 is 6.10 Å². The highest BCUT2D eigenvalue weighted by Gasteiger charge is 2.48. The number of hydrogen-bond acceptors (Lipinski definition) is 9. The second-order valence-corrected chi connectivity index (χ2v) is 13.0. The first-order valence-corrected chi connectivity index (χ1v) is 16.1. The van der Waals surface area contributed by atoms with Crippen molar-refractivity contribution in [2.24, 2.45) is 0 Å². The molecule has 7 heterocycles. The van der Waals surface area contributed by atoms with Crippen LogP contribution >= 0.6 is 0 Å². The van der Waals surface area contributed by atoms with Crippen LogP contribution in [0, 0.1) is 11.3 Å². The molecule has 4 aliphatic heterocycles. The normalized spacial score (nSPS) is 22.3. The summed E-state index contributed by atoms with van der Waals surface area (Å²) >= 11 is 0. The number of aromatic nitrogens is 3. The highest BCUT2D eigenvalue weighted by molar-refractivity contribution is 5.85. The standard InChI is InChI=1S/C35H37N7O4/c36-17-26-19-38-41-22-29(45-12-10-39-11-13-46-35(23-39)8-9-35)15-30(34(26)41)25-6-7-32(37-18-25)40-20-27-14-28(21-40)42(27)33(44)16-31(43)24-4-2-1-3-5-24/h1-7,15,18-19,22,27-28,31,43H,8-14,16,20-21,23H2/t27?,28?,31-/m0/s1. The number of nitriles is 1. The molecule has 1 saturated carbocycles. The van der Waals surface area contributed by atoms with Gasteiger partial charge in [0, 0.05) is 50.0 Å². The molecule has 1 N–H and O–H groups in total. The zero-order valence-corrected chi connectivity index (χ0v) is 25.7. The average molecular weight is 620 g/mol. The Labute approximate surface area is 267 Å². The highest BCUT2D eigenvalue weighted by Crippen LogP contribution is 2.42. The van der Waals surface area contributed by atoms with Crippen LogP contribution in [0.15, 0.2) is 67.1 Å². The van der Waals surface area contributed by atoms with Crippen LogP contribution in [-0.2, 0) is 9.53 Å². The number of piperidine rings is 1. The smallest absolute Gasteiger partial charge is 0.226 e. The molecule has 0 radical (unpaired) electrons. The summed E-state index contributed by atoms with van der Waals surface area (Å²) in [6.45, 7) is 5.44. The zero-order valence-electron chi connectivity index (χ0n) is 25.7. The van der Waals surface area contributed by atoms with Gasteiger partial charge in [0.1, 0.15) is 24.2 Å². The first kappa shape index (κ1) is 28.9. The molecule has 1 spiro atoms. The van der Waals surface area contributed by atoms with E-state index in [1.165, 1.54) is 0 Å². The second-order valence-electron chi connectivity index (χ2n) is 13.0. The Balaban J connectivity index is 0.940. The van der Waals surface area contributed by atoms with Crippen LogP contribution in [0.1, 0.15) is 42.9 Å². The number of carbonyl (C=O) groups is 1. The van der Waals surface area contributed by atoms with Crippen molar-refractivity contribution >= 4 is 17.2 Å². The number of aliphatic hydroxyl groups excluding tert-OH is 1. The van der Waals surface area contributed by atoms with E-state index in [0.29, 0.717) is 31.0 Å². The predicted molar refractivity (Wildman–Crippen MR) is 170 cm³/mol. The summed E-state index contributed by atoms with van der Waals surface area (Å²) < 4.78 is 13.9. The fraction of sp³-hybridized carbons (Fsp3) is 0.429. The van der Waals surface area contributed by atoms with E-state index in [4.69, 9.17) is 14.5 Å². The number of nitrogens with zero attached hydrogens (tertiary/aromatic N) is 7. The summed E-state index contributed by atoms with van der Waals surface area (Å²) in [6, 6.07) is 17.8. The minimum atomic E-state index is -0.798. The Bertz CT molecular complexity index is 1770. The number of anilines is 1.